The van der Waals surface area contributed by atoms with Crippen molar-refractivity contribution < 1.29 is 18.9 Å². The molecule has 2 heterocycles. The third kappa shape index (κ3) is 3.69. The molecule has 2 saturated heterocycles. The minimum absolute atomic E-state index is 0.252. The van der Waals surface area contributed by atoms with Crippen LogP contribution in [0.2, 0.25) is 0 Å². The smallest absolute Gasteiger partial charge is 0.168 e. The zero-order chi connectivity index (χ0) is 13.0. The number of rotatable bonds is 5. The summed E-state index contributed by atoms with van der Waals surface area (Å²) in [6, 6.07) is 0. The van der Waals surface area contributed by atoms with Crippen molar-refractivity contribution in [1.82, 2.24) is 0 Å². The van der Waals surface area contributed by atoms with E-state index in [0.717, 1.165) is 65.0 Å². The molecule has 2 aliphatic heterocycles. The molecule has 0 N–H and O–H groups in total. The SMILES string of the molecule is C1COC(CCCOC2CCC3(CC2)OCCO3)C1. The maximum Gasteiger partial charge on any atom is 0.168 e. The van der Waals surface area contributed by atoms with Crippen LogP contribution in [-0.4, -0.2) is 44.4 Å². The summed E-state index contributed by atoms with van der Waals surface area (Å²) in [5, 5.41) is 0. The molecule has 0 aromatic heterocycles. The zero-order valence-electron chi connectivity index (χ0n) is 11.8. The fourth-order valence-corrected chi connectivity index (χ4v) is 3.42. The second-order valence-corrected chi connectivity index (χ2v) is 5.96. The van der Waals surface area contributed by atoms with Crippen LogP contribution in [0.4, 0.5) is 0 Å². The lowest BCUT2D eigenvalue weighted by Crippen LogP contribution is -2.37. The molecule has 0 bridgehead atoms. The van der Waals surface area contributed by atoms with Gasteiger partial charge in [-0.05, 0) is 38.5 Å². The van der Waals surface area contributed by atoms with Gasteiger partial charge in [-0.15, -0.1) is 0 Å². The van der Waals surface area contributed by atoms with Gasteiger partial charge in [0.05, 0.1) is 25.4 Å². The molecule has 0 radical (unpaired) electrons. The van der Waals surface area contributed by atoms with Crippen LogP contribution >= 0.6 is 0 Å². The molecular formula is C15H26O4. The molecule has 19 heavy (non-hydrogen) atoms. The molecule has 3 aliphatic rings. The summed E-state index contributed by atoms with van der Waals surface area (Å²) in [5.41, 5.74) is 0. The molecule has 0 aromatic rings. The Morgan fingerprint density at radius 3 is 2.47 bits per heavy atom. The highest BCUT2D eigenvalue weighted by Gasteiger charge is 2.40. The fourth-order valence-electron chi connectivity index (χ4n) is 3.42. The van der Waals surface area contributed by atoms with Gasteiger partial charge in [0.1, 0.15) is 0 Å². The van der Waals surface area contributed by atoms with Crippen LogP contribution in [-0.2, 0) is 18.9 Å². The van der Waals surface area contributed by atoms with Crippen LogP contribution in [0, 0.1) is 0 Å². The van der Waals surface area contributed by atoms with Crippen LogP contribution in [0.5, 0.6) is 0 Å². The van der Waals surface area contributed by atoms with Gasteiger partial charge in [-0.3, -0.25) is 0 Å². The van der Waals surface area contributed by atoms with Gasteiger partial charge in [0.2, 0.25) is 0 Å². The van der Waals surface area contributed by atoms with Crippen molar-refractivity contribution in [3.8, 4) is 0 Å². The molecule has 4 nitrogen and oxygen atoms in total. The lowest BCUT2D eigenvalue weighted by atomic mass is 9.92. The van der Waals surface area contributed by atoms with E-state index >= 15 is 0 Å². The number of ether oxygens (including phenoxy) is 4. The predicted molar refractivity (Wildman–Crippen MR) is 71.1 cm³/mol. The van der Waals surface area contributed by atoms with Crippen molar-refractivity contribution >= 4 is 0 Å². The Balaban J connectivity index is 1.27. The highest BCUT2D eigenvalue weighted by atomic mass is 16.7. The van der Waals surface area contributed by atoms with E-state index < -0.39 is 0 Å². The fraction of sp³-hybridized carbons (Fsp3) is 1.00. The first-order chi connectivity index (χ1) is 9.36. The lowest BCUT2D eigenvalue weighted by Gasteiger charge is -2.35. The summed E-state index contributed by atoms with van der Waals surface area (Å²) >= 11 is 0. The second-order valence-electron chi connectivity index (χ2n) is 5.96. The number of hydrogen-bond donors (Lipinski definition) is 0. The Morgan fingerprint density at radius 1 is 1.00 bits per heavy atom. The molecule has 3 fully saturated rings. The van der Waals surface area contributed by atoms with Crippen molar-refractivity contribution in [3.05, 3.63) is 0 Å². The zero-order valence-corrected chi connectivity index (χ0v) is 11.8. The maximum atomic E-state index is 5.98. The normalized spacial score (nSPS) is 31.3. The summed E-state index contributed by atoms with van der Waals surface area (Å²) < 4.78 is 23.1. The molecule has 0 aromatic carbocycles. The minimum Gasteiger partial charge on any atom is -0.378 e. The minimum atomic E-state index is -0.252. The molecule has 1 aliphatic carbocycles. The van der Waals surface area contributed by atoms with E-state index in [1.165, 1.54) is 12.8 Å². The first-order valence-corrected chi connectivity index (χ1v) is 7.87. The summed E-state index contributed by atoms with van der Waals surface area (Å²) in [6.45, 7) is 3.34. The average molecular weight is 270 g/mol. The lowest BCUT2D eigenvalue weighted by molar-refractivity contribution is -0.191. The van der Waals surface area contributed by atoms with Gasteiger partial charge in [-0.1, -0.05) is 0 Å². The van der Waals surface area contributed by atoms with Crippen LogP contribution < -0.4 is 0 Å². The molecule has 1 unspecified atom stereocenters. The van der Waals surface area contributed by atoms with Gasteiger partial charge in [-0.2, -0.15) is 0 Å². The average Bonchev–Trinajstić information content (AvgIpc) is 3.09. The predicted octanol–water partition coefficient (Wildman–Crippen LogP) is 2.65. The van der Waals surface area contributed by atoms with Crippen LogP contribution in [0.15, 0.2) is 0 Å². The van der Waals surface area contributed by atoms with Gasteiger partial charge >= 0.3 is 0 Å². The molecule has 1 saturated carbocycles. The van der Waals surface area contributed by atoms with Gasteiger partial charge in [0, 0.05) is 26.1 Å². The third-order valence-electron chi connectivity index (χ3n) is 4.56. The molecule has 0 amide bonds. The van der Waals surface area contributed by atoms with E-state index in [1.807, 2.05) is 0 Å². The van der Waals surface area contributed by atoms with Gasteiger partial charge < -0.3 is 18.9 Å². The van der Waals surface area contributed by atoms with Crippen LogP contribution in [0.1, 0.15) is 51.4 Å². The van der Waals surface area contributed by atoms with E-state index in [0.29, 0.717) is 12.2 Å². The van der Waals surface area contributed by atoms with Gasteiger partial charge in [0.25, 0.3) is 0 Å². The highest BCUT2D eigenvalue weighted by Crippen LogP contribution is 2.36. The molecule has 110 valence electrons. The van der Waals surface area contributed by atoms with Crippen molar-refractivity contribution in [1.29, 1.82) is 0 Å². The Bertz CT molecular complexity index is 259. The van der Waals surface area contributed by atoms with Crippen LogP contribution in [0.25, 0.3) is 0 Å². The monoisotopic (exact) mass is 270 g/mol. The van der Waals surface area contributed by atoms with E-state index in [1.54, 1.807) is 0 Å². The molecule has 1 atom stereocenters. The molecule has 3 rings (SSSR count). The quantitative estimate of drug-likeness (QED) is 0.720. The first kappa shape index (κ1) is 13.8. The standard InChI is InChI=1S/C15H26O4/c1-3-13(16-9-1)4-2-10-17-14-5-7-15(8-6-14)18-11-12-19-15/h13-14H,1-12H2. The van der Waals surface area contributed by atoms with Crippen molar-refractivity contribution in [2.45, 2.75) is 69.4 Å². The summed E-state index contributed by atoms with van der Waals surface area (Å²) in [4.78, 5) is 0. The Morgan fingerprint density at radius 2 is 1.79 bits per heavy atom. The Kier molecular flexibility index (Phi) is 4.74. The second kappa shape index (κ2) is 6.53. The van der Waals surface area contributed by atoms with Crippen molar-refractivity contribution in [2.75, 3.05) is 26.4 Å². The van der Waals surface area contributed by atoms with E-state index in [9.17, 15) is 0 Å². The molecule has 4 heteroatoms. The van der Waals surface area contributed by atoms with E-state index in [4.69, 9.17) is 18.9 Å². The van der Waals surface area contributed by atoms with Crippen molar-refractivity contribution in [2.24, 2.45) is 0 Å². The summed E-state index contributed by atoms with van der Waals surface area (Å²) in [6.07, 6.45) is 9.77. The van der Waals surface area contributed by atoms with E-state index in [-0.39, 0.29) is 5.79 Å². The van der Waals surface area contributed by atoms with Gasteiger partial charge in [-0.25, -0.2) is 0 Å². The maximum absolute atomic E-state index is 5.98. The Hall–Kier alpha value is -0.160. The number of hydrogen-bond acceptors (Lipinski definition) is 4. The molecular weight excluding hydrogens is 244 g/mol. The topological polar surface area (TPSA) is 36.9 Å². The van der Waals surface area contributed by atoms with Gasteiger partial charge in [0.15, 0.2) is 5.79 Å². The highest BCUT2D eigenvalue weighted by molar-refractivity contribution is 4.82. The summed E-state index contributed by atoms with van der Waals surface area (Å²) in [5.74, 6) is -0.252. The van der Waals surface area contributed by atoms with Crippen LogP contribution in [0.3, 0.4) is 0 Å². The molecule has 1 spiro atoms. The third-order valence-corrected chi connectivity index (χ3v) is 4.56. The summed E-state index contributed by atoms with van der Waals surface area (Å²) in [7, 11) is 0. The van der Waals surface area contributed by atoms with E-state index in [2.05, 4.69) is 0 Å². The van der Waals surface area contributed by atoms with Crippen molar-refractivity contribution in [3.63, 3.8) is 0 Å². The Labute approximate surface area is 115 Å². The largest absolute Gasteiger partial charge is 0.378 e. The first-order valence-electron chi connectivity index (χ1n) is 7.87.